The number of nitriles is 1. The zero-order valence-corrected chi connectivity index (χ0v) is 9.41. The fraction of sp³-hybridized carbons (Fsp3) is 0.923. The quantitative estimate of drug-likeness (QED) is 0.756. The van der Waals surface area contributed by atoms with E-state index in [9.17, 15) is 10.4 Å². The lowest BCUT2D eigenvalue weighted by molar-refractivity contribution is 0.00196. The summed E-state index contributed by atoms with van der Waals surface area (Å²) in [6.07, 6.45) is 9.77. The Bertz CT molecular complexity index is 244. The number of rotatable bonds is 2. The summed E-state index contributed by atoms with van der Waals surface area (Å²) in [4.78, 5) is 0. The molecule has 0 aliphatic heterocycles. The predicted molar refractivity (Wildman–Crippen MR) is 59.1 cm³/mol. The van der Waals surface area contributed by atoms with Gasteiger partial charge in [-0.3, -0.25) is 0 Å². The Morgan fingerprint density at radius 2 is 1.67 bits per heavy atom. The fourth-order valence-electron chi connectivity index (χ4n) is 3.38. The molecule has 0 saturated heterocycles. The molecule has 2 fully saturated rings. The Labute approximate surface area is 92.3 Å². The van der Waals surface area contributed by atoms with Crippen LogP contribution in [0.4, 0.5) is 0 Å². The van der Waals surface area contributed by atoms with E-state index in [4.69, 9.17) is 0 Å². The van der Waals surface area contributed by atoms with Gasteiger partial charge in [0.15, 0.2) is 0 Å². The number of hydrogen-bond donors (Lipinski definition) is 1. The largest absolute Gasteiger partial charge is 0.391 e. The van der Waals surface area contributed by atoms with Crippen molar-refractivity contribution in [1.29, 1.82) is 5.26 Å². The fourth-order valence-corrected chi connectivity index (χ4v) is 3.38. The third-order valence-electron chi connectivity index (χ3n) is 4.38. The molecular weight excluding hydrogens is 186 g/mol. The van der Waals surface area contributed by atoms with Crippen molar-refractivity contribution in [1.82, 2.24) is 0 Å². The van der Waals surface area contributed by atoms with E-state index in [-0.39, 0.29) is 11.5 Å². The Morgan fingerprint density at radius 1 is 1.07 bits per heavy atom. The number of hydrogen-bond acceptors (Lipinski definition) is 2. The molecule has 1 N–H and O–H groups in total. The van der Waals surface area contributed by atoms with Crippen molar-refractivity contribution < 1.29 is 5.11 Å². The Balaban J connectivity index is 2.04. The molecule has 2 heteroatoms. The molecule has 0 aromatic rings. The van der Waals surface area contributed by atoms with Gasteiger partial charge in [0, 0.05) is 0 Å². The summed E-state index contributed by atoms with van der Waals surface area (Å²) in [6.45, 7) is 0. The van der Waals surface area contributed by atoms with Crippen molar-refractivity contribution in [2.75, 3.05) is 0 Å². The van der Waals surface area contributed by atoms with Crippen LogP contribution in [0, 0.1) is 22.7 Å². The van der Waals surface area contributed by atoms with Crippen LogP contribution in [-0.2, 0) is 0 Å². The minimum atomic E-state index is -0.387. The first kappa shape index (κ1) is 11.0. The van der Waals surface area contributed by atoms with Gasteiger partial charge >= 0.3 is 0 Å². The van der Waals surface area contributed by atoms with Crippen molar-refractivity contribution in [3.63, 3.8) is 0 Å². The van der Waals surface area contributed by atoms with Crippen molar-refractivity contribution in [2.45, 2.75) is 63.9 Å². The smallest absolute Gasteiger partial charge is 0.0835 e. The summed E-state index contributed by atoms with van der Waals surface area (Å²) in [5.41, 5.74) is -0.387. The molecule has 84 valence electrons. The van der Waals surface area contributed by atoms with Gasteiger partial charge in [-0.05, 0) is 31.6 Å². The van der Waals surface area contributed by atoms with Crippen molar-refractivity contribution >= 4 is 0 Å². The van der Waals surface area contributed by atoms with Crippen LogP contribution in [0.1, 0.15) is 57.8 Å². The second kappa shape index (κ2) is 4.53. The normalized spacial score (nSPS) is 28.5. The van der Waals surface area contributed by atoms with Gasteiger partial charge in [0.1, 0.15) is 0 Å². The molecule has 0 radical (unpaired) electrons. The molecule has 1 atom stereocenters. The minimum Gasteiger partial charge on any atom is -0.391 e. The number of aliphatic hydroxyl groups is 1. The number of nitrogens with zero attached hydrogens (tertiary/aromatic N) is 1. The van der Waals surface area contributed by atoms with E-state index >= 15 is 0 Å². The predicted octanol–water partition coefficient (Wildman–Crippen LogP) is 3.01. The number of aliphatic hydroxyl groups excluding tert-OH is 1. The van der Waals surface area contributed by atoms with Crippen LogP contribution in [0.5, 0.6) is 0 Å². The van der Waals surface area contributed by atoms with E-state index in [0.29, 0.717) is 5.92 Å². The van der Waals surface area contributed by atoms with Gasteiger partial charge in [0.2, 0.25) is 0 Å². The van der Waals surface area contributed by atoms with Gasteiger partial charge in [-0.25, -0.2) is 0 Å². The lowest BCUT2D eigenvalue weighted by Gasteiger charge is -2.35. The summed E-state index contributed by atoms with van der Waals surface area (Å²) in [5.74, 6) is 0.400. The van der Waals surface area contributed by atoms with Crippen LogP contribution in [-0.4, -0.2) is 11.2 Å². The lowest BCUT2D eigenvalue weighted by atomic mass is 9.71. The van der Waals surface area contributed by atoms with Gasteiger partial charge in [0.05, 0.1) is 17.6 Å². The van der Waals surface area contributed by atoms with Crippen LogP contribution in [0.3, 0.4) is 0 Å². The first-order valence-corrected chi connectivity index (χ1v) is 6.38. The van der Waals surface area contributed by atoms with Gasteiger partial charge in [-0.2, -0.15) is 5.26 Å². The van der Waals surface area contributed by atoms with E-state index in [0.717, 1.165) is 38.5 Å². The molecule has 0 aromatic heterocycles. The second-order valence-corrected chi connectivity index (χ2v) is 5.32. The molecule has 2 aliphatic carbocycles. The summed E-state index contributed by atoms with van der Waals surface area (Å²) in [6, 6.07) is 2.42. The average molecular weight is 207 g/mol. The molecule has 2 rings (SSSR count). The van der Waals surface area contributed by atoms with Gasteiger partial charge < -0.3 is 5.11 Å². The van der Waals surface area contributed by atoms with Crippen molar-refractivity contribution in [3.8, 4) is 6.07 Å². The molecule has 0 heterocycles. The maximum absolute atomic E-state index is 10.4. The standard InChI is InChI=1S/C13H21NO/c14-10-13(8-4-5-9-13)12(15)11-6-2-1-3-7-11/h11-12,15H,1-9H2. The van der Waals surface area contributed by atoms with Crippen LogP contribution >= 0.6 is 0 Å². The van der Waals surface area contributed by atoms with Crippen LogP contribution in [0.15, 0.2) is 0 Å². The Morgan fingerprint density at radius 3 is 2.20 bits per heavy atom. The van der Waals surface area contributed by atoms with E-state index < -0.39 is 0 Å². The highest BCUT2D eigenvalue weighted by Gasteiger charge is 2.44. The summed E-state index contributed by atoms with van der Waals surface area (Å²) >= 11 is 0. The minimum absolute atomic E-state index is 0.356. The second-order valence-electron chi connectivity index (χ2n) is 5.32. The van der Waals surface area contributed by atoms with E-state index in [1.165, 1.54) is 19.3 Å². The molecule has 0 bridgehead atoms. The first-order chi connectivity index (χ1) is 7.28. The molecule has 1 unspecified atom stereocenters. The van der Waals surface area contributed by atoms with Crippen LogP contribution < -0.4 is 0 Å². The third kappa shape index (κ3) is 2.03. The maximum atomic E-state index is 10.4. The monoisotopic (exact) mass is 207 g/mol. The van der Waals surface area contributed by atoms with E-state index in [2.05, 4.69) is 6.07 Å². The first-order valence-electron chi connectivity index (χ1n) is 6.38. The van der Waals surface area contributed by atoms with Gasteiger partial charge in [0.25, 0.3) is 0 Å². The van der Waals surface area contributed by atoms with E-state index in [1.54, 1.807) is 0 Å². The highest BCUT2D eigenvalue weighted by molar-refractivity contribution is 5.07. The zero-order valence-electron chi connectivity index (χ0n) is 9.41. The molecule has 0 amide bonds. The highest BCUT2D eigenvalue weighted by Crippen LogP contribution is 2.45. The molecule has 2 aliphatic rings. The SMILES string of the molecule is N#CC1(C(O)C2CCCCC2)CCCC1. The highest BCUT2D eigenvalue weighted by atomic mass is 16.3. The molecule has 0 aromatic carbocycles. The molecule has 15 heavy (non-hydrogen) atoms. The molecule has 2 saturated carbocycles. The van der Waals surface area contributed by atoms with Crippen molar-refractivity contribution in [2.24, 2.45) is 11.3 Å². The maximum Gasteiger partial charge on any atom is 0.0835 e. The molecular formula is C13H21NO. The molecule has 0 spiro atoms. The van der Waals surface area contributed by atoms with E-state index in [1.807, 2.05) is 0 Å². The Hall–Kier alpha value is -0.550. The molecule has 2 nitrogen and oxygen atoms in total. The van der Waals surface area contributed by atoms with Crippen LogP contribution in [0.2, 0.25) is 0 Å². The third-order valence-corrected chi connectivity index (χ3v) is 4.38. The topological polar surface area (TPSA) is 44.0 Å². The summed E-state index contributed by atoms with van der Waals surface area (Å²) < 4.78 is 0. The summed E-state index contributed by atoms with van der Waals surface area (Å²) in [7, 11) is 0. The lowest BCUT2D eigenvalue weighted by Crippen LogP contribution is -2.38. The Kier molecular flexibility index (Phi) is 3.31. The average Bonchev–Trinajstić information content (AvgIpc) is 2.79. The van der Waals surface area contributed by atoms with Crippen LogP contribution in [0.25, 0.3) is 0 Å². The van der Waals surface area contributed by atoms with Gasteiger partial charge in [-0.15, -0.1) is 0 Å². The van der Waals surface area contributed by atoms with Gasteiger partial charge in [-0.1, -0.05) is 32.1 Å². The summed E-state index contributed by atoms with van der Waals surface area (Å²) in [5, 5.41) is 19.7. The zero-order chi connectivity index (χ0) is 10.7. The van der Waals surface area contributed by atoms with Crippen molar-refractivity contribution in [3.05, 3.63) is 0 Å².